The third-order valence-electron chi connectivity index (χ3n) is 4.25. The Bertz CT molecular complexity index is 728. The lowest BCUT2D eigenvalue weighted by Crippen LogP contribution is -2.39. The molecule has 3 atom stereocenters. The quantitative estimate of drug-likeness (QED) is 0.799. The van der Waals surface area contributed by atoms with Gasteiger partial charge in [-0.1, -0.05) is 12.1 Å². The molecule has 9 heteroatoms. The van der Waals surface area contributed by atoms with Crippen LogP contribution in [-0.2, 0) is 16.6 Å². The molecular weight excluding hydrogens is 382 g/mol. The van der Waals surface area contributed by atoms with E-state index in [4.69, 9.17) is 10.5 Å². The van der Waals surface area contributed by atoms with E-state index in [1.807, 2.05) is 7.05 Å². The maximum Gasteiger partial charge on any atom is 0.249 e. The normalized spacial score (nSPS) is 20.0. The second-order valence-electron chi connectivity index (χ2n) is 5.95. The van der Waals surface area contributed by atoms with Crippen LogP contribution in [0.25, 0.3) is 0 Å². The molecule has 0 saturated carbocycles. The molecule has 1 fully saturated rings. The van der Waals surface area contributed by atoms with Crippen molar-refractivity contribution in [1.29, 1.82) is 0 Å². The van der Waals surface area contributed by atoms with E-state index in [1.165, 1.54) is 12.1 Å². The molecule has 0 bridgehead atoms. The topological polar surface area (TPSA) is 82.2 Å². The predicted octanol–water partition coefficient (Wildman–Crippen LogP) is 2.11. The van der Waals surface area contributed by atoms with Crippen LogP contribution in [0.15, 0.2) is 36.7 Å². The number of ether oxygens (including phenoxy) is 1. The average molecular weight is 405 g/mol. The van der Waals surface area contributed by atoms with Crippen LogP contribution in [0.5, 0.6) is 0 Å². The van der Waals surface area contributed by atoms with Crippen LogP contribution in [0.3, 0.4) is 0 Å². The minimum absolute atomic E-state index is 0. The third-order valence-corrected chi connectivity index (χ3v) is 4.25. The molecule has 1 amide bonds. The number of amides is 1. The van der Waals surface area contributed by atoms with Gasteiger partial charge in [-0.05, 0) is 30.5 Å². The summed E-state index contributed by atoms with van der Waals surface area (Å²) in [7, 11) is 1.83. The maximum atomic E-state index is 13.6. The predicted molar refractivity (Wildman–Crippen MR) is 101 cm³/mol. The van der Waals surface area contributed by atoms with E-state index in [9.17, 15) is 9.18 Å². The number of halogens is 3. The molecule has 1 saturated heterocycles. The van der Waals surface area contributed by atoms with Crippen LogP contribution < -0.4 is 11.1 Å². The highest BCUT2D eigenvalue weighted by Gasteiger charge is 2.32. The monoisotopic (exact) mass is 404 g/mol. The Balaban J connectivity index is 0.00000169. The number of hydrogen-bond donors (Lipinski definition) is 2. The first-order valence-electron chi connectivity index (χ1n) is 7.97. The molecule has 1 unspecified atom stereocenters. The zero-order chi connectivity index (χ0) is 17.1. The van der Waals surface area contributed by atoms with Crippen molar-refractivity contribution in [2.24, 2.45) is 12.8 Å². The molecule has 0 aliphatic carbocycles. The average Bonchev–Trinajstić information content (AvgIpc) is 3.21. The molecule has 0 radical (unpaired) electrons. The Morgan fingerprint density at radius 2 is 2.23 bits per heavy atom. The Morgan fingerprint density at radius 1 is 1.46 bits per heavy atom. The van der Waals surface area contributed by atoms with Crippen molar-refractivity contribution >= 4 is 30.7 Å². The first-order valence-corrected chi connectivity index (χ1v) is 7.97. The minimum atomic E-state index is -0.547. The van der Waals surface area contributed by atoms with Gasteiger partial charge >= 0.3 is 0 Å². The zero-order valence-electron chi connectivity index (χ0n) is 14.3. The van der Waals surface area contributed by atoms with Crippen LogP contribution in [-0.4, -0.2) is 34.2 Å². The fourth-order valence-corrected chi connectivity index (χ4v) is 2.95. The number of nitrogens with one attached hydrogen (secondary N) is 1. The SMILES string of the molecule is Cl.Cl.Cn1ccnc1C(NC(=O)[C@@H]1CC[C@H](CN)O1)c1cccc(F)c1. The second-order valence-corrected chi connectivity index (χ2v) is 5.95. The molecule has 1 aliphatic rings. The van der Waals surface area contributed by atoms with Gasteiger partial charge in [-0.3, -0.25) is 4.79 Å². The van der Waals surface area contributed by atoms with Gasteiger partial charge in [-0.25, -0.2) is 9.37 Å². The molecule has 26 heavy (non-hydrogen) atoms. The highest BCUT2D eigenvalue weighted by molar-refractivity contribution is 5.85. The zero-order valence-corrected chi connectivity index (χ0v) is 15.9. The van der Waals surface area contributed by atoms with Crippen molar-refractivity contribution < 1.29 is 13.9 Å². The molecule has 3 N–H and O–H groups in total. The standard InChI is InChI=1S/C17H21FN4O2.2ClH/c1-22-8-7-20-16(22)15(11-3-2-4-12(18)9-11)21-17(23)14-6-5-13(10-19)24-14;;/h2-4,7-9,13-15H,5-6,10,19H2,1H3,(H,21,23);2*1H/t13-,14+,15?;;/m1../s1. The molecule has 6 nitrogen and oxygen atoms in total. The van der Waals surface area contributed by atoms with Gasteiger partial charge in [0.1, 0.15) is 23.8 Å². The van der Waals surface area contributed by atoms with Crippen molar-refractivity contribution in [3.8, 4) is 0 Å². The minimum Gasteiger partial charge on any atom is -0.364 e. The van der Waals surface area contributed by atoms with E-state index in [-0.39, 0.29) is 42.6 Å². The lowest BCUT2D eigenvalue weighted by atomic mass is 10.1. The third kappa shape index (κ3) is 4.94. The largest absolute Gasteiger partial charge is 0.364 e. The molecule has 2 aromatic rings. The smallest absolute Gasteiger partial charge is 0.249 e. The maximum absolute atomic E-state index is 13.6. The first kappa shape index (κ1) is 22.4. The van der Waals surface area contributed by atoms with E-state index in [2.05, 4.69) is 10.3 Å². The summed E-state index contributed by atoms with van der Waals surface area (Å²) in [5.74, 6) is 0.0341. The van der Waals surface area contributed by atoms with Crippen LogP contribution in [0.1, 0.15) is 30.3 Å². The fourth-order valence-electron chi connectivity index (χ4n) is 2.95. The molecule has 1 aliphatic heterocycles. The summed E-state index contributed by atoms with van der Waals surface area (Å²) in [5.41, 5.74) is 6.22. The highest BCUT2D eigenvalue weighted by atomic mass is 35.5. The van der Waals surface area contributed by atoms with E-state index >= 15 is 0 Å². The summed E-state index contributed by atoms with van der Waals surface area (Å²) in [4.78, 5) is 16.9. The van der Waals surface area contributed by atoms with Crippen molar-refractivity contribution in [3.63, 3.8) is 0 Å². The Hall–Kier alpha value is -1.67. The number of benzene rings is 1. The number of imidazole rings is 1. The van der Waals surface area contributed by atoms with Gasteiger partial charge in [0.2, 0.25) is 5.91 Å². The Kier molecular flexibility index (Phi) is 8.49. The summed E-state index contributed by atoms with van der Waals surface area (Å²) in [6, 6.07) is 5.60. The second kappa shape index (κ2) is 9.87. The van der Waals surface area contributed by atoms with Crippen molar-refractivity contribution in [1.82, 2.24) is 14.9 Å². The van der Waals surface area contributed by atoms with Gasteiger partial charge in [-0.15, -0.1) is 24.8 Å². The molecule has 2 heterocycles. The number of carbonyl (C=O) groups is 1. The van der Waals surface area contributed by atoms with Crippen LogP contribution in [0, 0.1) is 5.82 Å². The number of nitrogens with two attached hydrogens (primary N) is 1. The van der Waals surface area contributed by atoms with Crippen molar-refractivity contribution in [3.05, 3.63) is 53.9 Å². The van der Waals surface area contributed by atoms with Crippen molar-refractivity contribution in [2.75, 3.05) is 6.54 Å². The fraction of sp³-hybridized carbons (Fsp3) is 0.412. The van der Waals surface area contributed by atoms with E-state index in [0.717, 1.165) is 6.42 Å². The van der Waals surface area contributed by atoms with Gasteiger partial charge in [0, 0.05) is 26.0 Å². The van der Waals surface area contributed by atoms with Gasteiger partial charge in [0.05, 0.1) is 6.10 Å². The number of nitrogens with zero attached hydrogens (tertiary/aromatic N) is 2. The molecule has 0 spiro atoms. The number of aromatic nitrogens is 2. The summed E-state index contributed by atoms with van der Waals surface area (Å²) in [6.07, 6.45) is 4.21. The highest BCUT2D eigenvalue weighted by Crippen LogP contribution is 2.24. The number of hydrogen-bond acceptors (Lipinski definition) is 4. The summed E-state index contributed by atoms with van der Waals surface area (Å²) < 4.78 is 21.1. The summed E-state index contributed by atoms with van der Waals surface area (Å²) in [5, 5.41) is 2.94. The van der Waals surface area contributed by atoms with E-state index < -0.39 is 12.1 Å². The van der Waals surface area contributed by atoms with E-state index in [1.54, 1.807) is 29.1 Å². The molecule has 1 aromatic carbocycles. The first-order chi connectivity index (χ1) is 11.6. The van der Waals surface area contributed by atoms with Gasteiger partial charge < -0.3 is 20.4 Å². The lowest BCUT2D eigenvalue weighted by molar-refractivity contribution is -0.132. The number of aryl methyl sites for hydroxylation is 1. The van der Waals surface area contributed by atoms with Crippen molar-refractivity contribution in [2.45, 2.75) is 31.1 Å². The summed E-state index contributed by atoms with van der Waals surface area (Å²) >= 11 is 0. The molecule has 144 valence electrons. The summed E-state index contributed by atoms with van der Waals surface area (Å²) in [6.45, 7) is 0.399. The van der Waals surface area contributed by atoms with Gasteiger partial charge in [-0.2, -0.15) is 0 Å². The lowest BCUT2D eigenvalue weighted by Gasteiger charge is -2.21. The van der Waals surface area contributed by atoms with Crippen LogP contribution in [0.4, 0.5) is 4.39 Å². The number of carbonyl (C=O) groups excluding carboxylic acids is 1. The number of rotatable bonds is 5. The van der Waals surface area contributed by atoms with Gasteiger partial charge in [0.15, 0.2) is 0 Å². The van der Waals surface area contributed by atoms with Crippen LogP contribution in [0.2, 0.25) is 0 Å². The van der Waals surface area contributed by atoms with Crippen LogP contribution >= 0.6 is 24.8 Å². The Morgan fingerprint density at radius 3 is 2.81 bits per heavy atom. The van der Waals surface area contributed by atoms with E-state index in [0.29, 0.717) is 24.4 Å². The van der Waals surface area contributed by atoms with Gasteiger partial charge in [0.25, 0.3) is 0 Å². The molecule has 1 aromatic heterocycles. The Labute approximate surface area is 164 Å². The molecular formula is C17H23Cl2FN4O2. The molecule has 3 rings (SSSR count).